The molecule has 1 aromatic rings. The largest absolute Gasteiger partial charge is 0.496 e. The number of halogens is 1. The first-order chi connectivity index (χ1) is 14.5. The standard InChI is InChI=1S/C25H37FO5/c1-16(14-22(27)31-25(3,4)5)24(28)30-17(2)23(18-10-8-7-9-11-18)20-13-12-19(26)15-21(20)29-6/h12-13,15-18,23H,7-11,14H2,1-6H3/t16-,17+,23-/m1/s1. The highest BCUT2D eigenvalue weighted by molar-refractivity contribution is 5.80. The maximum absolute atomic E-state index is 13.8. The predicted octanol–water partition coefficient (Wildman–Crippen LogP) is 5.80. The third-order valence-corrected chi connectivity index (χ3v) is 5.82. The first kappa shape index (κ1) is 25.2. The molecule has 1 saturated carbocycles. The highest BCUT2D eigenvalue weighted by atomic mass is 19.1. The Bertz CT molecular complexity index is 749. The molecule has 31 heavy (non-hydrogen) atoms. The minimum absolute atomic E-state index is 0.0310. The van der Waals surface area contributed by atoms with E-state index < -0.39 is 29.6 Å². The fraction of sp³-hybridized carbons (Fsp3) is 0.680. The van der Waals surface area contributed by atoms with Crippen molar-refractivity contribution in [1.82, 2.24) is 0 Å². The van der Waals surface area contributed by atoms with Crippen molar-refractivity contribution in [3.63, 3.8) is 0 Å². The molecule has 0 heterocycles. The zero-order valence-corrected chi connectivity index (χ0v) is 19.7. The maximum Gasteiger partial charge on any atom is 0.309 e. The minimum Gasteiger partial charge on any atom is -0.496 e. The van der Waals surface area contributed by atoms with Gasteiger partial charge in [-0.25, -0.2) is 4.39 Å². The van der Waals surface area contributed by atoms with Crippen LogP contribution in [0.25, 0.3) is 0 Å². The lowest BCUT2D eigenvalue weighted by atomic mass is 9.74. The van der Waals surface area contributed by atoms with Crippen molar-refractivity contribution < 1.29 is 28.2 Å². The SMILES string of the molecule is COc1cc(F)ccc1[C@@H](C1CCCCC1)[C@H](C)OC(=O)[C@H](C)CC(=O)OC(C)(C)C. The van der Waals surface area contributed by atoms with Crippen LogP contribution in [0, 0.1) is 17.7 Å². The van der Waals surface area contributed by atoms with E-state index in [0.29, 0.717) is 11.7 Å². The molecule has 0 saturated heterocycles. The number of benzene rings is 1. The van der Waals surface area contributed by atoms with E-state index >= 15 is 0 Å². The van der Waals surface area contributed by atoms with E-state index in [-0.39, 0.29) is 18.2 Å². The third-order valence-electron chi connectivity index (χ3n) is 5.82. The van der Waals surface area contributed by atoms with Gasteiger partial charge in [-0.3, -0.25) is 9.59 Å². The van der Waals surface area contributed by atoms with Gasteiger partial charge in [-0.15, -0.1) is 0 Å². The molecule has 0 bridgehead atoms. The van der Waals surface area contributed by atoms with Crippen molar-refractivity contribution in [3.05, 3.63) is 29.6 Å². The van der Waals surface area contributed by atoms with Gasteiger partial charge in [-0.05, 0) is 52.5 Å². The second-order valence-corrected chi connectivity index (χ2v) is 9.64. The molecule has 3 atom stereocenters. The molecule has 174 valence electrons. The summed E-state index contributed by atoms with van der Waals surface area (Å²) in [5, 5.41) is 0. The van der Waals surface area contributed by atoms with Gasteiger partial charge in [-0.1, -0.05) is 32.3 Å². The van der Waals surface area contributed by atoms with Crippen molar-refractivity contribution in [2.75, 3.05) is 7.11 Å². The summed E-state index contributed by atoms with van der Waals surface area (Å²) in [4.78, 5) is 24.9. The lowest BCUT2D eigenvalue weighted by molar-refractivity contribution is -0.163. The van der Waals surface area contributed by atoms with Crippen LogP contribution in [0.5, 0.6) is 5.75 Å². The molecule has 0 N–H and O–H groups in total. The second kappa shape index (κ2) is 11.0. The topological polar surface area (TPSA) is 61.8 Å². The van der Waals surface area contributed by atoms with E-state index in [1.807, 2.05) is 6.92 Å². The van der Waals surface area contributed by atoms with Crippen molar-refractivity contribution in [1.29, 1.82) is 0 Å². The Balaban J connectivity index is 2.17. The Morgan fingerprint density at radius 2 is 1.77 bits per heavy atom. The number of hydrogen-bond donors (Lipinski definition) is 0. The first-order valence-electron chi connectivity index (χ1n) is 11.3. The van der Waals surface area contributed by atoms with Gasteiger partial charge in [0.05, 0.1) is 19.4 Å². The first-order valence-corrected chi connectivity index (χ1v) is 11.3. The van der Waals surface area contributed by atoms with Crippen LogP contribution in [-0.4, -0.2) is 30.8 Å². The number of esters is 2. The molecular formula is C25H37FO5. The molecule has 0 unspecified atom stereocenters. The molecular weight excluding hydrogens is 399 g/mol. The van der Waals surface area contributed by atoms with Crippen LogP contribution in [0.4, 0.5) is 4.39 Å². The Morgan fingerprint density at radius 3 is 2.35 bits per heavy atom. The number of ether oxygens (including phenoxy) is 3. The maximum atomic E-state index is 13.8. The van der Waals surface area contributed by atoms with E-state index in [9.17, 15) is 14.0 Å². The summed E-state index contributed by atoms with van der Waals surface area (Å²) in [6.07, 6.45) is 5.04. The highest BCUT2D eigenvalue weighted by Crippen LogP contribution is 2.42. The van der Waals surface area contributed by atoms with Gasteiger partial charge in [0.1, 0.15) is 23.3 Å². The summed E-state index contributed by atoms with van der Waals surface area (Å²) in [7, 11) is 1.52. The normalized spacial score (nSPS) is 18.0. The molecule has 1 aliphatic rings. The van der Waals surface area contributed by atoms with E-state index in [1.54, 1.807) is 33.8 Å². The summed E-state index contributed by atoms with van der Waals surface area (Å²) in [5.41, 5.74) is 0.259. The van der Waals surface area contributed by atoms with Gasteiger partial charge in [-0.2, -0.15) is 0 Å². The molecule has 5 nitrogen and oxygen atoms in total. The number of rotatable bonds is 8. The number of methoxy groups -OCH3 is 1. The molecule has 0 radical (unpaired) electrons. The molecule has 0 aliphatic heterocycles. The average Bonchev–Trinajstić information content (AvgIpc) is 2.68. The van der Waals surface area contributed by atoms with Crippen molar-refractivity contribution in [2.45, 2.75) is 90.8 Å². The molecule has 1 aromatic carbocycles. The van der Waals surface area contributed by atoms with E-state index in [1.165, 1.54) is 25.7 Å². The van der Waals surface area contributed by atoms with Gasteiger partial charge in [0.25, 0.3) is 0 Å². The van der Waals surface area contributed by atoms with Crippen LogP contribution in [-0.2, 0) is 19.1 Å². The number of carbonyl (C=O) groups excluding carboxylic acids is 2. The molecule has 0 amide bonds. The quantitative estimate of drug-likeness (QED) is 0.482. The number of hydrogen-bond acceptors (Lipinski definition) is 5. The van der Waals surface area contributed by atoms with Gasteiger partial charge in [0.15, 0.2) is 0 Å². The van der Waals surface area contributed by atoms with E-state index in [2.05, 4.69) is 0 Å². The van der Waals surface area contributed by atoms with E-state index in [0.717, 1.165) is 31.2 Å². The van der Waals surface area contributed by atoms with Crippen LogP contribution < -0.4 is 4.74 Å². The average molecular weight is 437 g/mol. The number of carbonyl (C=O) groups is 2. The Labute approximate surface area is 185 Å². The lowest BCUT2D eigenvalue weighted by Gasteiger charge is -2.35. The zero-order chi connectivity index (χ0) is 23.2. The lowest BCUT2D eigenvalue weighted by Crippen LogP contribution is -2.33. The fourth-order valence-electron chi connectivity index (χ4n) is 4.43. The van der Waals surface area contributed by atoms with Gasteiger partial charge < -0.3 is 14.2 Å². The third kappa shape index (κ3) is 7.51. The smallest absolute Gasteiger partial charge is 0.309 e. The van der Waals surface area contributed by atoms with Crippen LogP contribution in [0.3, 0.4) is 0 Å². The summed E-state index contributed by atoms with van der Waals surface area (Å²) < 4.78 is 30.4. The summed E-state index contributed by atoms with van der Waals surface area (Å²) in [5.74, 6) is -1.14. The summed E-state index contributed by atoms with van der Waals surface area (Å²) in [6, 6.07) is 4.54. The summed E-state index contributed by atoms with van der Waals surface area (Å²) in [6.45, 7) is 8.93. The van der Waals surface area contributed by atoms with Crippen molar-refractivity contribution in [2.24, 2.45) is 11.8 Å². The zero-order valence-electron chi connectivity index (χ0n) is 19.7. The second-order valence-electron chi connectivity index (χ2n) is 9.64. The predicted molar refractivity (Wildman–Crippen MR) is 117 cm³/mol. The van der Waals surface area contributed by atoms with Crippen LogP contribution in [0.15, 0.2) is 18.2 Å². The molecule has 0 aromatic heterocycles. The molecule has 0 spiro atoms. The Morgan fingerprint density at radius 1 is 1.13 bits per heavy atom. The fourth-order valence-corrected chi connectivity index (χ4v) is 4.43. The van der Waals surface area contributed by atoms with Gasteiger partial charge in [0.2, 0.25) is 0 Å². The van der Waals surface area contributed by atoms with E-state index in [4.69, 9.17) is 14.2 Å². The molecule has 1 fully saturated rings. The molecule has 6 heteroatoms. The Kier molecular flexibility index (Phi) is 8.90. The van der Waals surface area contributed by atoms with Gasteiger partial charge >= 0.3 is 11.9 Å². The highest BCUT2D eigenvalue weighted by Gasteiger charge is 2.35. The van der Waals surface area contributed by atoms with Crippen LogP contribution >= 0.6 is 0 Å². The van der Waals surface area contributed by atoms with Crippen LogP contribution in [0.1, 0.15) is 84.6 Å². The summed E-state index contributed by atoms with van der Waals surface area (Å²) >= 11 is 0. The molecule has 1 aliphatic carbocycles. The molecule has 2 rings (SSSR count). The van der Waals surface area contributed by atoms with Gasteiger partial charge in [0, 0.05) is 17.5 Å². The minimum atomic E-state index is -0.612. The van der Waals surface area contributed by atoms with Crippen molar-refractivity contribution in [3.8, 4) is 5.75 Å². The monoisotopic (exact) mass is 436 g/mol. The van der Waals surface area contributed by atoms with Crippen molar-refractivity contribution >= 4 is 11.9 Å². The Hall–Kier alpha value is -2.11. The van der Waals surface area contributed by atoms with Crippen LogP contribution in [0.2, 0.25) is 0 Å².